The number of rotatable bonds is 9. The topological polar surface area (TPSA) is 20.2 Å². The van der Waals surface area contributed by atoms with E-state index < -0.39 is 0 Å². The first-order valence-corrected chi connectivity index (χ1v) is 8.46. The third-order valence-electron chi connectivity index (χ3n) is 3.49. The molecule has 0 aliphatic rings. The zero-order chi connectivity index (χ0) is 15.1. The van der Waals surface area contributed by atoms with Crippen LogP contribution in [0.3, 0.4) is 0 Å². The molecule has 1 nitrogen and oxygen atoms in total. The SMILES string of the molecule is CCCCCCCCCCCC.Cc1ccc(O)cc1. The van der Waals surface area contributed by atoms with E-state index >= 15 is 0 Å². The molecule has 0 radical (unpaired) electrons. The van der Waals surface area contributed by atoms with E-state index in [2.05, 4.69) is 13.8 Å². The Balaban J connectivity index is 0.000000388. The van der Waals surface area contributed by atoms with E-state index in [1.165, 1.54) is 69.8 Å². The standard InChI is InChI=1S/C12H26.C7H8O/c1-3-5-7-9-11-12-10-8-6-4-2;1-6-2-4-7(8)5-3-6/h3-12H2,1-2H3;2-5,8H,1H3. The van der Waals surface area contributed by atoms with Crippen molar-refractivity contribution in [2.24, 2.45) is 0 Å². The summed E-state index contributed by atoms with van der Waals surface area (Å²) in [6.45, 7) is 6.54. The number of unbranched alkanes of at least 4 members (excludes halogenated alkanes) is 9. The van der Waals surface area contributed by atoms with E-state index in [0.717, 1.165) is 0 Å². The van der Waals surface area contributed by atoms with Crippen molar-refractivity contribution in [3.63, 3.8) is 0 Å². The van der Waals surface area contributed by atoms with E-state index in [1.54, 1.807) is 12.1 Å². The van der Waals surface area contributed by atoms with Gasteiger partial charge in [0.15, 0.2) is 0 Å². The zero-order valence-electron chi connectivity index (χ0n) is 13.8. The Kier molecular flexibility index (Phi) is 13.7. The third-order valence-corrected chi connectivity index (χ3v) is 3.49. The highest BCUT2D eigenvalue weighted by Gasteiger charge is 1.90. The second-order valence-corrected chi connectivity index (χ2v) is 5.66. The molecule has 0 amide bonds. The van der Waals surface area contributed by atoms with E-state index in [-0.39, 0.29) is 0 Å². The minimum Gasteiger partial charge on any atom is -0.508 e. The molecule has 0 atom stereocenters. The summed E-state index contributed by atoms with van der Waals surface area (Å²) in [4.78, 5) is 0. The van der Waals surface area contributed by atoms with E-state index in [1.807, 2.05) is 19.1 Å². The number of aromatic hydroxyl groups is 1. The lowest BCUT2D eigenvalue weighted by molar-refractivity contribution is 0.475. The van der Waals surface area contributed by atoms with Crippen LogP contribution in [-0.4, -0.2) is 5.11 Å². The van der Waals surface area contributed by atoms with Crippen molar-refractivity contribution in [2.45, 2.75) is 85.0 Å². The molecule has 0 unspecified atom stereocenters. The monoisotopic (exact) mass is 278 g/mol. The lowest BCUT2D eigenvalue weighted by Crippen LogP contribution is -1.80. The molecule has 116 valence electrons. The molecule has 1 rings (SSSR count). The van der Waals surface area contributed by atoms with Crippen molar-refractivity contribution in [3.05, 3.63) is 29.8 Å². The molecule has 0 spiro atoms. The Hall–Kier alpha value is -0.980. The Morgan fingerprint density at radius 2 is 1.00 bits per heavy atom. The predicted octanol–water partition coefficient (Wildman–Crippen LogP) is 6.63. The molecule has 0 saturated carbocycles. The van der Waals surface area contributed by atoms with Crippen molar-refractivity contribution in [1.82, 2.24) is 0 Å². The fourth-order valence-corrected chi connectivity index (χ4v) is 2.11. The molecular formula is C19H34O. The first-order valence-electron chi connectivity index (χ1n) is 8.46. The summed E-state index contributed by atoms with van der Waals surface area (Å²) in [7, 11) is 0. The van der Waals surface area contributed by atoms with E-state index in [0.29, 0.717) is 5.75 Å². The second-order valence-electron chi connectivity index (χ2n) is 5.66. The molecular weight excluding hydrogens is 244 g/mol. The van der Waals surface area contributed by atoms with Gasteiger partial charge in [-0.25, -0.2) is 0 Å². The van der Waals surface area contributed by atoms with Crippen LogP contribution in [0.4, 0.5) is 0 Å². The maximum Gasteiger partial charge on any atom is 0.115 e. The molecule has 1 heteroatoms. The first-order chi connectivity index (χ1) is 9.70. The number of phenols is 1. The highest BCUT2D eigenvalue weighted by atomic mass is 16.3. The molecule has 1 N–H and O–H groups in total. The lowest BCUT2D eigenvalue weighted by Gasteiger charge is -1.99. The molecule has 0 aliphatic heterocycles. The van der Waals surface area contributed by atoms with Gasteiger partial charge in [-0.3, -0.25) is 0 Å². The Bertz CT molecular complexity index is 258. The average molecular weight is 278 g/mol. The van der Waals surface area contributed by atoms with E-state index in [9.17, 15) is 0 Å². The fraction of sp³-hybridized carbons (Fsp3) is 0.684. The fourth-order valence-electron chi connectivity index (χ4n) is 2.11. The molecule has 0 aliphatic carbocycles. The molecule has 0 aromatic heterocycles. The normalized spacial score (nSPS) is 9.95. The Morgan fingerprint density at radius 1 is 0.650 bits per heavy atom. The van der Waals surface area contributed by atoms with Crippen molar-refractivity contribution in [2.75, 3.05) is 0 Å². The van der Waals surface area contributed by atoms with Gasteiger partial charge in [0.05, 0.1) is 0 Å². The number of phenolic OH excluding ortho intramolecular Hbond substituents is 1. The molecule has 0 heterocycles. The summed E-state index contributed by atoms with van der Waals surface area (Å²) in [5.41, 5.74) is 1.17. The van der Waals surface area contributed by atoms with E-state index in [4.69, 9.17) is 5.11 Å². The zero-order valence-corrected chi connectivity index (χ0v) is 13.8. The maximum atomic E-state index is 8.76. The van der Waals surface area contributed by atoms with Crippen LogP contribution in [-0.2, 0) is 0 Å². The van der Waals surface area contributed by atoms with Crippen LogP contribution < -0.4 is 0 Å². The third kappa shape index (κ3) is 13.5. The molecule has 0 fully saturated rings. The Labute approximate surface area is 126 Å². The van der Waals surface area contributed by atoms with Crippen molar-refractivity contribution < 1.29 is 5.11 Å². The highest BCUT2D eigenvalue weighted by molar-refractivity contribution is 5.24. The molecule has 0 bridgehead atoms. The largest absolute Gasteiger partial charge is 0.508 e. The van der Waals surface area contributed by atoms with Crippen LogP contribution in [0.5, 0.6) is 5.75 Å². The van der Waals surface area contributed by atoms with Gasteiger partial charge in [0, 0.05) is 0 Å². The quantitative estimate of drug-likeness (QED) is 0.503. The summed E-state index contributed by atoms with van der Waals surface area (Å²) >= 11 is 0. The molecule has 1 aromatic rings. The van der Waals surface area contributed by atoms with Crippen LogP contribution >= 0.6 is 0 Å². The van der Waals surface area contributed by atoms with Crippen molar-refractivity contribution in [3.8, 4) is 5.75 Å². The summed E-state index contributed by atoms with van der Waals surface area (Å²) < 4.78 is 0. The second kappa shape index (κ2) is 14.4. The average Bonchev–Trinajstić information content (AvgIpc) is 2.46. The first kappa shape index (κ1) is 19.0. The minimum atomic E-state index is 0.329. The Morgan fingerprint density at radius 3 is 1.30 bits per heavy atom. The number of aryl methyl sites for hydroxylation is 1. The molecule has 1 aromatic carbocycles. The van der Waals surface area contributed by atoms with Gasteiger partial charge in [-0.15, -0.1) is 0 Å². The smallest absolute Gasteiger partial charge is 0.115 e. The predicted molar refractivity (Wildman–Crippen MR) is 90.4 cm³/mol. The minimum absolute atomic E-state index is 0.329. The summed E-state index contributed by atoms with van der Waals surface area (Å²) in [6, 6.07) is 7.09. The van der Waals surface area contributed by atoms with Crippen LogP contribution in [0.2, 0.25) is 0 Å². The number of hydrogen-bond acceptors (Lipinski definition) is 1. The van der Waals surface area contributed by atoms with Gasteiger partial charge in [0.1, 0.15) is 5.75 Å². The molecule has 20 heavy (non-hydrogen) atoms. The number of benzene rings is 1. The van der Waals surface area contributed by atoms with Crippen LogP contribution in [0.25, 0.3) is 0 Å². The summed E-state index contributed by atoms with van der Waals surface area (Å²) in [5, 5.41) is 8.76. The number of hydrogen-bond donors (Lipinski definition) is 1. The van der Waals surface area contributed by atoms with Gasteiger partial charge < -0.3 is 5.11 Å². The van der Waals surface area contributed by atoms with Gasteiger partial charge in [-0.05, 0) is 19.1 Å². The summed E-state index contributed by atoms with van der Waals surface area (Å²) in [5.74, 6) is 0.329. The van der Waals surface area contributed by atoms with Gasteiger partial charge in [-0.2, -0.15) is 0 Å². The van der Waals surface area contributed by atoms with Crippen molar-refractivity contribution in [1.29, 1.82) is 0 Å². The van der Waals surface area contributed by atoms with Gasteiger partial charge in [0.25, 0.3) is 0 Å². The van der Waals surface area contributed by atoms with Crippen LogP contribution in [0.1, 0.15) is 83.6 Å². The van der Waals surface area contributed by atoms with Crippen LogP contribution in [0.15, 0.2) is 24.3 Å². The van der Waals surface area contributed by atoms with Gasteiger partial charge in [-0.1, -0.05) is 95.8 Å². The van der Waals surface area contributed by atoms with Crippen molar-refractivity contribution >= 4 is 0 Å². The van der Waals surface area contributed by atoms with Gasteiger partial charge >= 0.3 is 0 Å². The van der Waals surface area contributed by atoms with Crippen LogP contribution in [0, 0.1) is 6.92 Å². The molecule has 0 saturated heterocycles. The highest BCUT2D eigenvalue weighted by Crippen LogP contribution is 2.10. The van der Waals surface area contributed by atoms with Gasteiger partial charge in [0.2, 0.25) is 0 Å². The maximum absolute atomic E-state index is 8.76. The lowest BCUT2D eigenvalue weighted by atomic mass is 10.1. The summed E-state index contributed by atoms with van der Waals surface area (Å²) in [6.07, 6.45) is 14.4.